The first-order valence-electron chi connectivity index (χ1n) is 11.6. The maximum absolute atomic E-state index is 13.6. The molecule has 0 N–H and O–H groups in total. The monoisotopic (exact) mass is 436 g/mol. The lowest BCUT2D eigenvalue weighted by Crippen LogP contribution is -2.48. The minimum Gasteiger partial charge on any atom is -0.496 e. The van der Waals surface area contributed by atoms with E-state index < -0.39 is 15.1 Å². The Morgan fingerprint density at radius 3 is 2.13 bits per heavy atom. The highest BCUT2D eigenvalue weighted by atomic mass is 32.2. The van der Waals surface area contributed by atoms with Gasteiger partial charge in [-0.25, -0.2) is 8.42 Å². The number of methoxy groups -OCH3 is 1. The molecule has 3 nitrogen and oxygen atoms in total. The van der Waals surface area contributed by atoms with Gasteiger partial charge in [0.15, 0.2) is 9.84 Å². The van der Waals surface area contributed by atoms with Crippen LogP contribution in [-0.4, -0.2) is 15.5 Å². The normalized spacial score (nSPS) is 30.6. The van der Waals surface area contributed by atoms with Crippen LogP contribution in [-0.2, 0) is 15.3 Å². The summed E-state index contributed by atoms with van der Waals surface area (Å²) in [6.07, 6.45) is 11.5. The molecule has 0 radical (unpaired) electrons. The van der Waals surface area contributed by atoms with E-state index in [9.17, 15) is 8.42 Å². The minimum absolute atomic E-state index is 0.146. The van der Waals surface area contributed by atoms with Gasteiger partial charge in [0.2, 0.25) is 0 Å². The molecule has 2 aromatic rings. The molecule has 0 spiro atoms. The molecule has 4 aliphatic carbocycles. The van der Waals surface area contributed by atoms with Crippen molar-refractivity contribution in [3.8, 4) is 5.75 Å². The van der Waals surface area contributed by atoms with Gasteiger partial charge in [0.05, 0.1) is 12.0 Å². The number of allylic oxidation sites excluding steroid dienone is 1. The zero-order valence-corrected chi connectivity index (χ0v) is 19.3. The third-order valence-electron chi connectivity index (χ3n) is 7.93. The number of ether oxygens (including phenoxy) is 1. The molecule has 4 bridgehead atoms. The molecule has 4 aliphatic rings. The van der Waals surface area contributed by atoms with Crippen molar-refractivity contribution in [2.75, 3.05) is 7.11 Å². The Labute approximate surface area is 186 Å². The number of rotatable bonds is 6. The lowest BCUT2D eigenvalue weighted by molar-refractivity contribution is -0.00618. The molecule has 164 valence electrons. The zero-order valence-electron chi connectivity index (χ0n) is 18.5. The summed E-state index contributed by atoms with van der Waals surface area (Å²) in [7, 11) is -1.80. The Kier molecular flexibility index (Phi) is 5.24. The second-order valence-electron chi connectivity index (χ2n) is 9.96. The van der Waals surface area contributed by atoms with Crippen molar-refractivity contribution in [3.63, 3.8) is 0 Å². The van der Waals surface area contributed by atoms with E-state index in [1.807, 2.05) is 37.3 Å². The Morgan fingerprint density at radius 1 is 0.968 bits per heavy atom. The molecule has 2 aromatic carbocycles. The topological polar surface area (TPSA) is 43.4 Å². The lowest BCUT2D eigenvalue weighted by atomic mass is 9.48. The Balaban J connectivity index is 1.61. The first-order chi connectivity index (χ1) is 14.9. The van der Waals surface area contributed by atoms with E-state index in [2.05, 4.69) is 6.07 Å². The number of hydrogen-bond acceptors (Lipinski definition) is 3. The van der Waals surface area contributed by atoms with Crippen LogP contribution in [0.2, 0.25) is 0 Å². The summed E-state index contributed by atoms with van der Waals surface area (Å²) in [6.45, 7) is 1.89. The van der Waals surface area contributed by atoms with Crippen molar-refractivity contribution in [1.82, 2.24) is 0 Å². The summed E-state index contributed by atoms with van der Waals surface area (Å²) < 4.78 is 32.9. The molecule has 1 unspecified atom stereocenters. The van der Waals surface area contributed by atoms with Crippen LogP contribution in [0, 0.1) is 17.8 Å². The molecule has 4 heteroatoms. The van der Waals surface area contributed by atoms with E-state index in [0.29, 0.717) is 4.90 Å². The lowest BCUT2D eigenvalue weighted by Gasteiger charge is -2.57. The van der Waals surface area contributed by atoms with Gasteiger partial charge in [0.25, 0.3) is 0 Å². The van der Waals surface area contributed by atoms with E-state index in [0.717, 1.165) is 29.1 Å². The van der Waals surface area contributed by atoms with Crippen molar-refractivity contribution < 1.29 is 13.2 Å². The van der Waals surface area contributed by atoms with Crippen LogP contribution in [0.4, 0.5) is 0 Å². The second kappa shape index (κ2) is 7.81. The van der Waals surface area contributed by atoms with Gasteiger partial charge in [-0.15, -0.1) is 0 Å². The van der Waals surface area contributed by atoms with Gasteiger partial charge in [0, 0.05) is 5.56 Å². The predicted octanol–water partition coefficient (Wildman–Crippen LogP) is 6.25. The summed E-state index contributed by atoms with van der Waals surface area (Å²) in [5, 5.41) is -0.696. The first-order valence-corrected chi connectivity index (χ1v) is 13.1. The maximum atomic E-state index is 13.6. The van der Waals surface area contributed by atoms with E-state index in [1.54, 1.807) is 31.4 Å². The highest BCUT2D eigenvalue weighted by Gasteiger charge is 2.52. The van der Waals surface area contributed by atoms with Crippen LogP contribution < -0.4 is 4.74 Å². The molecule has 4 saturated carbocycles. The van der Waals surface area contributed by atoms with Gasteiger partial charge < -0.3 is 4.74 Å². The van der Waals surface area contributed by atoms with Crippen LogP contribution in [0.25, 0.3) is 0 Å². The van der Waals surface area contributed by atoms with Crippen LogP contribution in [0.3, 0.4) is 0 Å². The second-order valence-corrected chi connectivity index (χ2v) is 12.0. The summed E-state index contributed by atoms with van der Waals surface area (Å²) in [5.41, 5.74) is 2.23. The smallest absolute Gasteiger partial charge is 0.188 e. The summed E-state index contributed by atoms with van der Waals surface area (Å²) >= 11 is 0. The zero-order chi connectivity index (χ0) is 21.6. The van der Waals surface area contributed by atoms with E-state index in [1.165, 1.54) is 44.1 Å². The first kappa shape index (κ1) is 20.8. The van der Waals surface area contributed by atoms with Crippen molar-refractivity contribution in [3.05, 3.63) is 71.8 Å². The van der Waals surface area contributed by atoms with Gasteiger partial charge in [0.1, 0.15) is 11.0 Å². The standard InChI is InChI=1S/C27H32O3S/c1-3-7-26(31(28,29)23-8-5-4-6-9-23)22-10-11-25(30-2)24(15-22)27-16-19-12-20(17-27)14-21(13-19)18-27/h3-11,15,19-21,26H,12-14,16-18H2,1-2H3/b7-3+. The Morgan fingerprint density at radius 2 is 1.58 bits per heavy atom. The quantitative estimate of drug-likeness (QED) is 0.502. The maximum Gasteiger partial charge on any atom is 0.188 e. The van der Waals surface area contributed by atoms with Gasteiger partial charge in [-0.2, -0.15) is 0 Å². The molecule has 0 saturated heterocycles. The largest absolute Gasteiger partial charge is 0.496 e. The van der Waals surface area contributed by atoms with Gasteiger partial charge in [-0.05, 0) is 98.4 Å². The highest BCUT2D eigenvalue weighted by molar-refractivity contribution is 7.91. The summed E-state index contributed by atoms with van der Waals surface area (Å²) in [6, 6.07) is 14.9. The van der Waals surface area contributed by atoms with Crippen molar-refractivity contribution in [2.24, 2.45) is 17.8 Å². The molecule has 31 heavy (non-hydrogen) atoms. The molecule has 1 atom stereocenters. The van der Waals surface area contributed by atoms with Gasteiger partial charge >= 0.3 is 0 Å². The average molecular weight is 437 g/mol. The molecular formula is C27H32O3S. The Hall–Kier alpha value is -2.07. The Bertz CT molecular complexity index is 1050. The molecule has 0 heterocycles. The van der Waals surface area contributed by atoms with Gasteiger partial charge in [-0.3, -0.25) is 0 Å². The fraction of sp³-hybridized carbons (Fsp3) is 0.481. The molecule has 0 aliphatic heterocycles. The third kappa shape index (κ3) is 3.53. The van der Waals surface area contributed by atoms with E-state index >= 15 is 0 Å². The van der Waals surface area contributed by atoms with Crippen molar-refractivity contribution >= 4 is 9.84 Å². The number of hydrogen-bond donors (Lipinski definition) is 0. The highest BCUT2D eigenvalue weighted by Crippen LogP contribution is 2.62. The minimum atomic E-state index is -3.54. The third-order valence-corrected chi connectivity index (χ3v) is 9.96. The summed E-state index contributed by atoms with van der Waals surface area (Å²) in [4.78, 5) is 0.366. The fourth-order valence-corrected chi connectivity index (χ4v) is 8.78. The molecule has 6 rings (SSSR count). The van der Waals surface area contributed by atoms with Crippen LogP contribution in [0.15, 0.2) is 65.6 Å². The molecule has 4 fully saturated rings. The fourth-order valence-electron chi connectivity index (χ4n) is 7.08. The van der Waals surface area contributed by atoms with Crippen molar-refractivity contribution in [1.29, 1.82) is 0 Å². The average Bonchev–Trinajstić information content (AvgIpc) is 2.76. The van der Waals surface area contributed by atoms with Crippen LogP contribution >= 0.6 is 0 Å². The molecule has 0 aromatic heterocycles. The van der Waals surface area contributed by atoms with E-state index in [4.69, 9.17) is 4.74 Å². The van der Waals surface area contributed by atoms with Gasteiger partial charge in [-0.1, -0.05) is 36.4 Å². The van der Waals surface area contributed by atoms with Crippen LogP contribution in [0.5, 0.6) is 5.75 Å². The molecule has 0 amide bonds. The molecular weight excluding hydrogens is 404 g/mol. The number of sulfone groups is 1. The van der Waals surface area contributed by atoms with Crippen LogP contribution in [0.1, 0.15) is 61.8 Å². The van der Waals surface area contributed by atoms with Crippen molar-refractivity contribution in [2.45, 2.75) is 61.0 Å². The SMILES string of the molecule is C/C=C/C(c1ccc(OC)c(C23CC4CC(CC(C4)C2)C3)c1)S(=O)(=O)c1ccccc1. The summed E-state index contributed by atoms with van der Waals surface area (Å²) in [5.74, 6) is 3.37. The van der Waals surface area contributed by atoms with E-state index in [-0.39, 0.29) is 5.41 Å². The predicted molar refractivity (Wildman–Crippen MR) is 124 cm³/mol. The number of benzene rings is 2.